The van der Waals surface area contributed by atoms with Crippen LogP contribution in [-0.2, 0) is 6.42 Å². The minimum atomic E-state index is -0.259. The predicted molar refractivity (Wildman–Crippen MR) is 80.8 cm³/mol. The topological polar surface area (TPSA) is 76.1 Å². The first-order chi connectivity index (χ1) is 10.2. The normalized spacial score (nSPS) is 16.7. The van der Waals surface area contributed by atoms with E-state index in [-0.39, 0.29) is 11.9 Å². The molecule has 2 amide bonds. The number of ether oxygens (including phenoxy) is 1. The van der Waals surface area contributed by atoms with Gasteiger partial charge >= 0.3 is 6.03 Å². The van der Waals surface area contributed by atoms with Gasteiger partial charge in [-0.2, -0.15) is 0 Å². The van der Waals surface area contributed by atoms with Gasteiger partial charge < -0.3 is 10.1 Å². The van der Waals surface area contributed by atoms with Gasteiger partial charge in [-0.15, -0.1) is 10.2 Å². The highest BCUT2D eigenvalue weighted by Gasteiger charge is 2.20. The standard InChI is InChI=1S/C14H16N4O2S/c1-9-17-18-14(21-9)16-13(19)15-7-10-6-11-4-2-3-5-12(11)20-8-10/h2-5,10H,6-8H2,1H3,(H2,15,16,18,19)/t10-/m0/s1. The Bertz CT molecular complexity index is 643. The molecule has 3 rings (SSSR count). The Morgan fingerprint density at radius 2 is 2.29 bits per heavy atom. The maximum atomic E-state index is 11.8. The predicted octanol–water partition coefficient (Wildman–Crippen LogP) is 2.22. The van der Waals surface area contributed by atoms with Crippen LogP contribution in [0.4, 0.5) is 9.93 Å². The van der Waals surface area contributed by atoms with Crippen LogP contribution in [0.25, 0.3) is 0 Å². The van der Waals surface area contributed by atoms with Crippen molar-refractivity contribution in [2.45, 2.75) is 13.3 Å². The Hall–Kier alpha value is -2.15. The van der Waals surface area contributed by atoms with Crippen molar-refractivity contribution >= 4 is 22.5 Å². The minimum Gasteiger partial charge on any atom is -0.493 e. The van der Waals surface area contributed by atoms with E-state index in [4.69, 9.17) is 4.74 Å². The molecule has 2 heterocycles. The van der Waals surface area contributed by atoms with Crippen LogP contribution in [0.1, 0.15) is 10.6 Å². The largest absolute Gasteiger partial charge is 0.493 e. The zero-order valence-electron chi connectivity index (χ0n) is 11.6. The number of nitrogens with zero attached hydrogens (tertiary/aromatic N) is 2. The molecular formula is C14H16N4O2S. The summed E-state index contributed by atoms with van der Waals surface area (Å²) in [4.78, 5) is 11.8. The first-order valence-electron chi connectivity index (χ1n) is 6.76. The number of hydrogen-bond acceptors (Lipinski definition) is 5. The number of hydrogen-bond donors (Lipinski definition) is 2. The molecule has 0 radical (unpaired) electrons. The Balaban J connectivity index is 1.49. The van der Waals surface area contributed by atoms with Crippen molar-refractivity contribution in [1.82, 2.24) is 15.5 Å². The number of urea groups is 1. The number of amides is 2. The highest BCUT2D eigenvalue weighted by atomic mass is 32.1. The highest BCUT2D eigenvalue weighted by molar-refractivity contribution is 7.15. The second kappa shape index (κ2) is 6.09. The van der Waals surface area contributed by atoms with Gasteiger partial charge in [0.05, 0.1) is 6.61 Å². The van der Waals surface area contributed by atoms with Crippen molar-refractivity contribution in [3.63, 3.8) is 0 Å². The number of fused-ring (bicyclic) bond motifs is 1. The summed E-state index contributed by atoms with van der Waals surface area (Å²) in [6.07, 6.45) is 0.911. The van der Waals surface area contributed by atoms with Crippen LogP contribution in [0.5, 0.6) is 5.75 Å². The summed E-state index contributed by atoms with van der Waals surface area (Å²) in [5.41, 5.74) is 1.19. The number of benzene rings is 1. The van der Waals surface area contributed by atoms with E-state index in [0.717, 1.165) is 17.2 Å². The molecule has 6 nitrogen and oxygen atoms in total. The molecule has 0 spiro atoms. The summed E-state index contributed by atoms with van der Waals surface area (Å²) < 4.78 is 5.70. The number of aromatic nitrogens is 2. The van der Waals surface area contributed by atoms with E-state index in [0.29, 0.717) is 18.3 Å². The molecule has 110 valence electrons. The smallest absolute Gasteiger partial charge is 0.321 e. The second-order valence-corrected chi connectivity index (χ2v) is 6.13. The molecule has 0 saturated carbocycles. The Morgan fingerprint density at radius 1 is 1.43 bits per heavy atom. The molecule has 0 aliphatic carbocycles. The van der Waals surface area contributed by atoms with Gasteiger partial charge in [0, 0.05) is 12.5 Å². The van der Waals surface area contributed by atoms with Crippen LogP contribution in [0.2, 0.25) is 0 Å². The lowest BCUT2D eigenvalue weighted by Gasteiger charge is -2.25. The molecule has 1 aromatic heterocycles. The molecule has 1 aromatic carbocycles. The van der Waals surface area contributed by atoms with E-state index in [9.17, 15) is 4.79 Å². The van der Waals surface area contributed by atoms with Gasteiger partial charge in [0.25, 0.3) is 0 Å². The molecule has 0 unspecified atom stereocenters. The van der Waals surface area contributed by atoms with Crippen molar-refractivity contribution in [1.29, 1.82) is 0 Å². The molecule has 0 saturated heterocycles. The average molecular weight is 304 g/mol. The van der Waals surface area contributed by atoms with E-state index in [1.807, 2.05) is 25.1 Å². The van der Waals surface area contributed by atoms with Crippen molar-refractivity contribution in [2.24, 2.45) is 5.92 Å². The third-order valence-electron chi connectivity index (χ3n) is 3.25. The molecule has 0 bridgehead atoms. The summed E-state index contributed by atoms with van der Waals surface area (Å²) in [7, 11) is 0. The van der Waals surface area contributed by atoms with Gasteiger partial charge in [-0.3, -0.25) is 5.32 Å². The number of aryl methyl sites for hydroxylation is 1. The lowest BCUT2D eigenvalue weighted by molar-refractivity contribution is 0.215. The lowest BCUT2D eigenvalue weighted by atomic mass is 9.97. The maximum absolute atomic E-state index is 11.8. The van der Waals surface area contributed by atoms with E-state index in [2.05, 4.69) is 26.9 Å². The summed E-state index contributed by atoms with van der Waals surface area (Å²) >= 11 is 1.35. The van der Waals surface area contributed by atoms with Gasteiger partial charge in [0.2, 0.25) is 5.13 Å². The lowest BCUT2D eigenvalue weighted by Crippen LogP contribution is -2.37. The molecule has 2 N–H and O–H groups in total. The van der Waals surface area contributed by atoms with Crippen LogP contribution >= 0.6 is 11.3 Å². The third kappa shape index (κ3) is 3.49. The highest BCUT2D eigenvalue weighted by Crippen LogP contribution is 2.26. The van der Waals surface area contributed by atoms with Crippen LogP contribution in [0.15, 0.2) is 24.3 Å². The number of rotatable bonds is 3. The fraction of sp³-hybridized carbons (Fsp3) is 0.357. The van der Waals surface area contributed by atoms with Crippen molar-refractivity contribution in [2.75, 3.05) is 18.5 Å². The quantitative estimate of drug-likeness (QED) is 0.911. The molecule has 1 aliphatic heterocycles. The molecule has 2 aromatic rings. The molecular weight excluding hydrogens is 288 g/mol. The molecule has 21 heavy (non-hydrogen) atoms. The number of carbonyl (C=O) groups is 1. The molecule has 7 heteroatoms. The Morgan fingerprint density at radius 3 is 3.10 bits per heavy atom. The number of para-hydroxylation sites is 1. The van der Waals surface area contributed by atoms with E-state index in [1.165, 1.54) is 16.9 Å². The third-order valence-corrected chi connectivity index (χ3v) is 4.01. The van der Waals surface area contributed by atoms with Crippen LogP contribution in [-0.4, -0.2) is 29.4 Å². The van der Waals surface area contributed by atoms with E-state index in [1.54, 1.807) is 0 Å². The van der Waals surface area contributed by atoms with Gasteiger partial charge in [0.1, 0.15) is 10.8 Å². The zero-order valence-corrected chi connectivity index (χ0v) is 12.4. The summed E-state index contributed by atoms with van der Waals surface area (Å²) in [6.45, 7) is 3.03. The maximum Gasteiger partial charge on any atom is 0.321 e. The summed E-state index contributed by atoms with van der Waals surface area (Å²) in [5, 5.41) is 14.6. The monoisotopic (exact) mass is 304 g/mol. The number of anilines is 1. The van der Waals surface area contributed by atoms with Crippen molar-refractivity contribution < 1.29 is 9.53 Å². The summed E-state index contributed by atoms with van der Waals surface area (Å²) in [5.74, 6) is 1.23. The van der Waals surface area contributed by atoms with Crippen molar-refractivity contribution in [3.05, 3.63) is 34.8 Å². The first kappa shape index (κ1) is 13.8. The van der Waals surface area contributed by atoms with Gasteiger partial charge in [0.15, 0.2) is 0 Å². The van der Waals surface area contributed by atoms with Crippen LogP contribution in [0, 0.1) is 12.8 Å². The Labute approximate surface area is 126 Å². The van der Waals surface area contributed by atoms with Gasteiger partial charge in [-0.25, -0.2) is 4.79 Å². The van der Waals surface area contributed by atoms with Crippen molar-refractivity contribution in [3.8, 4) is 5.75 Å². The van der Waals surface area contributed by atoms with Crippen LogP contribution in [0.3, 0.4) is 0 Å². The van der Waals surface area contributed by atoms with Gasteiger partial charge in [-0.05, 0) is 25.0 Å². The molecule has 1 aliphatic rings. The minimum absolute atomic E-state index is 0.259. The van der Waals surface area contributed by atoms with E-state index < -0.39 is 0 Å². The SMILES string of the molecule is Cc1nnc(NC(=O)NC[C@H]2COc3ccccc3C2)s1. The second-order valence-electron chi connectivity index (χ2n) is 4.95. The Kier molecular flexibility index (Phi) is 4.01. The molecule has 0 fully saturated rings. The fourth-order valence-electron chi connectivity index (χ4n) is 2.25. The van der Waals surface area contributed by atoms with Gasteiger partial charge in [-0.1, -0.05) is 29.5 Å². The number of nitrogens with one attached hydrogen (secondary N) is 2. The zero-order chi connectivity index (χ0) is 14.7. The average Bonchev–Trinajstić information content (AvgIpc) is 2.90. The van der Waals surface area contributed by atoms with Crippen LogP contribution < -0.4 is 15.4 Å². The first-order valence-corrected chi connectivity index (χ1v) is 7.58. The van der Waals surface area contributed by atoms with E-state index >= 15 is 0 Å². The summed E-state index contributed by atoms with van der Waals surface area (Å²) in [6, 6.07) is 7.75. The molecule has 1 atom stereocenters. The number of carbonyl (C=O) groups excluding carboxylic acids is 1. The fourth-order valence-corrected chi connectivity index (χ4v) is 2.83.